The van der Waals surface area contributed by atoms with E-state index in [0.717, 1.165) is 5.56 Å². The van der Waals surface area contributed by atoms with E-state index >= 15 is 0 Å². The third-order valence-electron chi connectivity index (χ3n) is 2.52. The fraction of sp³-hybridized carbons (Fsp3) is 0.462. The fourth-order valence-electron chi connectivity index (χ4n) is 1.66. The van der Waals surface area contributed by atoms with Crippen molar-refractivity contribution in [2.24, 2.45) is 5.11 Å². The number of rotatable bonds is 8. The van der Waals surface area contributed by atoms with E-state index in [9.17, 15) is 4.79 Å². The van der Waals surface area contributed by atoms with Gasteiger partial charge in [0.1, 0.15) is 6.04 Å². The van der Waals surface area contributed by atoms with Gasteiger partial charge >= 0.3 is 5.97 Å². The van der Waals surface area contributed by atoms with E-state index < -0.39 is 6.04 Å². The fourth-order valence-corrected chi connectivity index (χ4v) is 1.66. The van der Waals surface area contributed by atoms with Crippen molar-refractivity contribution in [3.05, 3.63) is 46.3 Å². The van der Waals surface area contributed by atoms with Crippen molar-refractivity contribution >= 4 is 5.97 Å². The molecule has 0 radical (unpaired) electrons. The molecule has 0 bridgehead atoms. The van der Waals surface area contributed by atoms with E-state index in [1.54, 1.807) is 6.92 Å². The molecular weight excluding hydrogens is 244 g/mol. The maximum atomic E-state index is 11.8. The molecule has 0 aliphatic rings. The van der Waals surface area contributed by atoms with Crippen molar-refractivity contribution in [2.75, 3.05) is 19.7 Å². The van der Waals surface area contributed by atoms with Gasteiger partial charge in [0, 0.05) is 18.0 Å². The zero-order valence-electron chi connectivity index (χ0n) is 11.0. The summed E-state index contributed by atoms with van der Waals surface area (Å²) < 4.78 is 5.03. The Bertz CT molecular complexity index is 430. The second-order valence-corrected chi connectivity index (χ2v) is 3.90. The van der Waals surface area contributed by atoms with E-state index in [1.165, 1.54) is 0 Å². The van der Waals surface area contributed by atoms with Gasteiger partial charge in [0.05, 0.1) is 6.61 Å². The molecule has 0 spiro atoms. The van der Waals surface area contributed by atoms with E-state index in [2.05, 4.69) is 15.3 Å². The molecule has 1 aromatic carbocycles. The predicted octanol–water partition coefficient (Wildman–Crippen LogP) is 2.06. The average Bonchev–Trinajstić information content (AvgIpc) is 2.43. The summed E-state index contributed by atoms with van der Waals surface area (Å²) in [6, 6.07) is 9.28. The third-order valence-corrected chi connectivity index (χ3v) is 2.52. The molecule has 0 fully saturated rings. The number of azide groups is 1. The van der Waals surface area contributed by atoms with Gasteiger partial charge in [0.2, 0.25) is 0 Å². The minimum atomic E-state index is -0.420. The predicted molar refractivity (Wildman–Crippen MR) is 72.6 cm³/mol. The number of hydrogen-bond acceptors (Lipinski definition) is 4. The molecule has 6 nitrogen and oxygen atoms in total. The van der Waals surface area contributed by atoms with Crippen LogP contribution in [-0.2, 0) is 16.0 Å². The molecular formula is C13H18N4O2. The molecule has 0 amide bonds. The first-order valence-electron chi connectivity index (χ1n) is 6.22. The molecule has 1 aromatic rings. The van der Waals surface area contributed by atoms with Gasteiger partial charge in [0.25, 0.3) is 0 Å². The van der Waals surface area contributed by atoms with Gasteiger partial charge in [-0.25, -0.2) is 0 Å². The first-order valence-corrected chi connectivity index (χ1v) is 6.22. The summed E-state index contributed by atoms with van der Waals surface area (Å²) in [6.45, 7) is 2.88. The van der Waals surface area contributed by atoms with Crippen LogP contribution >= 0.6 is 0 Å². The number of benzene rings is 1. The lowest BCUT2D eigenvalue weighted by Gasteiger charge is -2.16. The summed E-state index contributed by atoms with van der Waals surface area (Å²) in [6.07, 6.45) is 0.552. The number of hydrogen-bond donors (Lipinski definition) is 1. The van der Waals surface area contributed by atoms with Crippen LogP contribution in [0.2, 0.25) is 0 Å². The van der Waals surface area contributed by atoms with Crippen LogP contribution in [0.15, 0.2) is 35.4 Å². The van der Waals surface area contributed by atoms with Crippen LogP contribution < -0.4 is 5.32 Å². The zero-order chi connectivity index (χ0) is 13.9. The first kappa shape index (κ1) is 15.0. The number of nitrogens with zero attached hydrogens (tertiary/aromatic N) is 3. The summed E-state index contributed by atoms with van der Waals surface area (Å²) in [4.78, 5) is 14.5. The number of carbonyl (C=O) groups excluding carboxylic acids is 1. The van der Waals surface area contributed by atoms with Crippen LogP contribution in [0.25, 0.3) is 10.4 Å². The van der Waals surface area contributed by atoms with Crippen LogP contribution in [0.1, 0.15) is 12.5 Å². The number of carbonyl (C=O) groups is 1. The Labute approximate surface area is 112 Å². The van der Waals surface area contributed by atoms with Crippen molar-refractivity contribution in [1.29, 1.82) is 0 Å². The lowest BCUT2D eigenvalue weighted by molar-refractivity contribution is -0.145. The zero-order valence-corrected chi connectivity index (χ0v) is 11.0. The van der Waals surface area contributed by atoms with Gasteiger partial charge in [-0.05, 0) is 24.4 Å². The van der Waals surface area contributed by atoms with Gasteiger partial charge in [-0.1, -0.05) is 35.4 Å². The highest BCUT2D eigenvalue weighted by Gasteiger charge is 2.19. The maximum Gasteiger partial charge on any atom is 0.323 e. The Kier molecular flexibility index (Phi) is 7.09. The van der Waals surface area contributed by atoms with E-state index in [-0.39, 0.29) is 5.97 Å². The summed E-state index contributed by atoms with van der Waals surface area (Å²) in [5.41, 5.74) is 9.25. The molecule has 0 saturated heterocycles. The Morgan fingerprint density at radius 1 is 1.47 bits per heavy atom. The average molecular weight is 262 g/mol. The van der Waals surface area contributed by atoms with E-state index in [4.69, 9.17) is 10.3 Å². The summed E-state index contributed by atoms with van der Waals surface area (Å²) in [7, 11) is 0. The normalized spacial score (nSPS) is 11.4. The minimum Gasteiger partial charge on any atom is -0.465 e. The van der Waals surface area contributed by atoms with Crippen molar-refractivity contribution in [3.8, 4) is 0 Å². The van der Waals surface area contributed by atoms with Gasteiger partial charge in [-0.15, -0.1) is 0 Å². The van der Waals surface area contributed by atoms with Gasteiger partial charge in [0.15, 0.2) is 0 Å². The van der Waals surface area contributed by atoms with Gasteiger partial charge < -0.3 is 10.1 Å². The van der Waals surface area contributed by atoms with Crippen LogP contribution in [0, 0.1) is 0 Å². The van der Waals surface area contributed by atoms with Crippen LogP contribution in [0.4, 0.5) is 0 Å². The van der Waals surface area contributed by atoms with Crippen molar-refractivity contribution in [2.45, 2.75) is 19.4 Å². The minimum absolute atomic E-state index is 0.285. The van der Waals surface area contributed by atoms with E-state index in [0.29, 0.717) is 26.1 Å². The highest BCUT2D eigenvalue weighted by Crippen LogP contribution is 2.04. The molecule has 19 heavy (non-hydrogen) atoms. The maximum absolute atomic E-state index is 11.8. The van der Waals surface area contributed by atoms with Gasteiger partial charge in [-0.2, -0.15) is 0 Å². The molecule has 0 aromatic heterocycles. The first-order chi connectivity index (χ1) is 9.27. The highest BCUT2D eigenvalue weighted by molar-refractivity contribution is 5.76. The van der Waals surface area contributed by atoms with Crippen molar-refractivity contribution in [1.82, 2.24) is 5.32 Å². The molecule has 6 heteroatoms. The molecule has 0 heterocycles. The van der Waals surface area contributed by atoms with Crippen molar-refractivity contribution < 1.29 is 9.53 Å². The molecule has 1 unspecified atom stereocenters. The number of ether oxygens (including phenoxy) is 1. The molecule has 0 aliphatic heterocycles. The standard InChI is InChI=1S/C13H18N4O2/c1-2-19-13(18)12(15-8-9-16-17-14)10-11-6-4-3-5-7-11/h3-7,12,15H,2,8-10H2,1H3. The number of nitrogens with one attached hydrogen (secondary N) is 1. The molecule has 0 saturated carbocycles. The smallest absolute Gasteiger partial charge is 0.323 e. The molecule has 1 rings (SSSR count). The monoisotopic (exact) mass is 262 g/mol. The molecule has 1 N–H and O–H groups in total. The van der Waals surface area contributed by atoms with Crippen LogP contribution in [-0.4, -0.2) is 31.7 Å². The third kappa shape index (κ3) is 5.90. The lowest BCUT2D eigenvalue weighted by atomic mass is 10.1. The number of esters is 1. The largest absolute Gasteiger partial charge is 0.465 e. The second kappa shape index (κ2) is 8.97. The molecule has 0 aliphatic carbocycles. The SMILES string of the molecule is CCOC(=O)C(Cc1ccccc1)NCCN=[N+]=[N-]. The van der Waals surface area contributed by atoms with Crippen LogP contribution in [0.5, 0.6) is 0 Å². The topological polar surface area (TPSA) is 87.1 Å². The Morgan fingerprint density at radius 3 is 2.84 bits per heavy atom. The summed E-state index contributed by atoms with van der Waals surface area (Å²) in [5.74, 6) is -0.285. The van der Waals surface area contributed by atoms with Gasteiger partial charge in [-0.3, -0.25) is 4.79 Å². The Hall–Kier alpha value is -2.04. The molecule has 102 valence electrons. The Morgan fingerprint density at radius 2 is 2.21 bits per heavy atom. The Balaban J connectivity index is 2.58. The molecule has 1 atom stereocenters. The lowest BCUT2D eigenvalue weighted by Crippen LogP contribution is -2.41. The second-order valence-electron chi connectivity index (χ2n) is 3.90. The summed E-state index contributed by atoms with van der Waals surface area (Å²) in [5, 5.41) is 6.47. The van der Waals surface area contributed by atoms with Crippen LogP contribution in [0.3, 0.4) is 0 Å². The van der Waals surface area contributed by atoms with E-state index in [1.807, 2.05) is 30.3 Å². The summed E-state index contributed by atoms with van der Waals surface area (Å²) >= 11 is 0. The highest BCUT2D eigenvalue weighted by atomic mass is 16.5. The quantitative estimate of drug-likeness (QED) is 0.256. The van der Waals surface area contributed by atoms with Crippen molar-refractivity contribution in [3.63, 3.8) is 0 Å².